The standard InChI is InChI=1S/C16H19N5O2S/c1-4-6-11-9-12-15(24-11)17-10(3)21(16(12)23)19-14(22)13-7-8-20(5-2)18-13/h7-9H,4-6H2,1-3H3,(H,19,22). The Morgan fingerprint density at radius 3 is 2.83 bits per heavy atom. The van der Waals surface area contributed by atoms with Crippen molar-refractivity contribution in [2.75, 3.05) is 5.43 Å². The van der Waals surface area contributed by atoms with Crippen LogP contribution in [-0.2, 0) is 13.0 Å². The number of rotatable bonds is 5. The van der Waals surface area contributed by atoms with E-state index in [2.05, 4.69) is 22.4 Å². The van der Waals surface area contributed by atoms with Gasteiger partial charge in [-0.05, 0) is 32.4 Å². The minimum atomic E-state index is -0.433. The third kappa shape index (κ3) is 2.96. The number of hydrogen-bond acceptors (Lipinski definition) is 5. The molecule has 0 aliphatic rings. The fraction of sp³-hybridized carbons (Fsp3) is 0.375. The summed E-state index contributed by atoms with van der Waals surface area (Å²) >= 11 is 1.53. The molecule has 0 radical (unpaired) electrons. The first-order valence-corrected chi connectivity index (χ1v) is 8.72. The zero-order chi connectivity index (χ0) is 17.3. The van der Waals surface area contributed by atoms with Crippen molar-refractivity contribution >= 4 is 27.5 Å². The second-order valence-corrected chi connectivity index (χ2v) is 6.59. The Balaban J connectivity index is 1.96. The average Bonchev–Trinajstić information content (AvgIpc) is 3.18. The highest BCUT2D eigenvalue weighted by Gasteiger charge is 2.15. The summed E-state index contributed by atoms with van der Waals surface area (Å²) in [5.74, 6) is 0.0123. The molecule has 0 saturated heterocycles. The summed E-state index contributed by atoms with van der Waals surface area (Å²) in [5, 5.41) is 4.68. The number of nitrogens with one attached hydrogen (secondary N) is 1. The van der Waals surface area contributed by atoms with E-state index in [1.54, 1.807) is 23.9 Å². The minimum Gasteiger partial charge on any atom is -0.272 e. The summed E-state index contributed by atoms with van der Waals surface area (Å²) in [4.78, 5) is 31.3. The second-order valence-electron chi connectivity index (χ2n) is 5.48. The van der Waals surface area contributed by atoms with Gasteiger partial charge in [0.05, 0.1) is 5.39 Å². The van der Waals surface area contributed by atoms with E-state index in [1.165, 1.54) is 16.0 Å². The Hall–Kier alpha value is -2.48. The predicted octanol–water partition coefficient (Wildman–Crippen LogP) is 2.32. The first kappa shape index (κ1) is 16.4. The Kier molecular flexibility index (Phi) is 4.48. The number of thiophene rings is 1. The molecule has 3 rings (SSSR count). The van der Waals surface area contributed by atoms with Crippen molar-refractivity contribution in [2.24, 2.45) is 0 Å². The van der Waals surface area contributed by atoms with Crippen LogP contribution in [0.25, 0.3) is 10.2 Å². The zero-order valence-electron chi connectivity index (χ0n) is 13.9. The van der Waals surface area contributed by atoms with E-state index in [1.807, 2.05) is 13.0 Å². The fourth-order valence-electron chi connectivity index (χ4n) is 2.45. The van der Waals surface area contributed by atoms with Crippen molar-refractivity contribution in [3.63, 3.8) is 0 Å². The molecule has 0 bridgehead atoms. The second kappa shape index (κ2) is 6.56. The highest BCUT2D eigenvalue weighted by Crippen LogP contribution is 2.22. The molecule has 0 spiro atoms. The maximum atomic E-state index is 12.7. The van der Waals surface area contributed by atoms with Crippen molar-refractivity contribution in [3.8, 4) is 0 Å². The molecule has 0 saturated carbocycles. The van der Waals surface area contributed by atoms with Crippen LogP contribution < -0.4 is 11.0 Å². The lowest BCUT2D eigenvalue weighted by Gasteiger charge is -2.09. The highest BCUT2D eigenvalue weighted by molar-refractivity contribution is 7.18. The van der Waals surface area contributed by atoms with Crippen molar-refractivity contribution in [1.82, 2.24) is 19.4 Å². The van der Waals surface area contributed by atoms with E-state index in [-0.39, 0.29) is 11.3 Å². The van der Waals surface area contributed by atoms with Gasteiger partial charge < -0.3 is 0 Å². The molecule has 0 aromatic carbocycles. The number of aromatic nitrogens is 4. The number of carbonyl (C=O) groups is 1. The average molecular weight is 345 g/mol. The lowest BCUT2D eigenvalue weighted by Crippen LogP contribution is -2.35. The van der Waals surface area contributed by atoms with Gasteiger partial charge in [-0.15, -0.1) is 11.3 Å². The molecule has 1 N–H and O–H groups in total. The van der Waals surface area contributed by atoms with Gasteiger partial charge in [-0.25, -0.2) is 9.66 Å². The maximum absolute atomic E-state index is 12.7. The maximum Gasteiger partial charge on any atom is 0.290 e. The summed E-state index contributed by atoms with van der Waals surface area (Å²) in [7, 11) is 0. The topological polar surface area (TPSA) is 81.8 Å². The van der Waals surface area contributed by atoms with E-state index < -0.39 is 5.91 Å². The van der Waals surface area contributed by atoms with Crippen LogP contribution in [0.15, 0.2) is 23.1 Å². The van der Waals surface area contributed by atoms with Crippen molar-refractivity contribution in [3.05, 3.63) is 45.1 Å². The molecule has 8 heteroatoms. The van der Waals surface area contributed by atoms with Crippen LogP contribution in [0.2, 0.25) is 0 Å². The van der Waals surface area contributed by atoms with Gasteiger partial charge in [0.2, 0.25) is 0 Å². The summed E-state index contributed by atoms with van der Waals surface area (Å²) < 4.78 is 2.85. The van der Waals surface area contributed by atoms with Crippen LogP contribution in [0, 0.1) is 6.92 Å². The first-order chi connectivity index (χ1) is 11.5. The van der Waals surface area contributed by atoms with Gasteiger partial charge in [0.1, 0.15) is 10.7 Å². The third-order valence-electron chi connectivity index (χ3n) is 3.69. The monoisotopic (exact) mass is 345 g/mol. The van der Waals surface area contributed by atoms with Crippen LogP contribution in [-0.4, -0.2) is 25.3 Å². The van der Waals surface area contributed by atoms with Crippen molar-refractivity contribution < 1.29 is 4.79 Å². The van der Waals surface area contributed by atoms with Gasteiger partial charge in [0.25, 0.3) is 11.5 Å². The van der Waals surface area contributed by atoms with Crippen LogP contribution in [0.1, 0.15) is 41.5 Å². The zero-order valence-corrected chi connectivity index (χ0v) is 14.7. The molecule has 24 heavy (non-hydrogen) atoms. The Labute approximate surface area is 142 Å². The quantitative estimate of drug-likeness (QED) is 0.769. The van der Waals surface area contributed by atoms with Gasteiger partial charge in [0, 0.05) is 17.6 Å². The summed E-state index contributed by atoms with van der Waals surface area (Å²) in [6.07, 6.45) is 3.65. The van der Waals surface area contributed by atoms with E-state index in [9.17, 15) is 9.59 Å². The third-order valence-corrected chi connectivity index (χ3v) is 4.78. The number of carbonyl (C=O) groups excluding carboxylic acids is 1. The van der Waals surface area contributed by atoms with Gasteiger partial charge >= 0.3 is 0 Å². The molecule has 3 heterocycles. The molecule has 3 aromatic heterocycles. The SMILES string of the molecule is CCCc1cc2c(=O)n(NC(=O)c3ccn(CC)n3)c(C)nc2s1. The number of nitrogens with zero attached hydrogens (tertiary/aromatic N) is 4. The summed E-state index contributed by atoms with van der Waals surface area (Å²) in [6.45, 7) is 6.41. The Bertz CT molecular complexity index is 953. The molecule has 0 aliphatic heterocycles. The van der Waals surface area contributed by atoms with E-state index >= 15 is 0 Å². The van der Waals surface area contributed by atoms with Gasteiger partial charge in [0.15, 0.2) is 5.69 Å². The van der Waals surface area contributed by atoms with Crippen molar-refractivity contribution in [2.45, 2.75) is 40.2 Å². The lowest BCUT2D eigenvalue weighted by molar-refractivity contribution is 0.100. The largest absolute Gasteiger partial charge is 0.290 e. The predicted molar refractivity (Wildman–Crippen MR) is 94.2 cm³/mol. The van der Waals surface area contributed by atoms with Crippen molar-refractivity contribution in [1.29, 1.82) is 0 Å². The van der Waals surface area contributed by atoms with Gasteiger partial charge in [-0.3, -0.25) is 19.7 Å². The Morgan fingerprint density at radius 1 is 1.38 bits per heavy atom. The molecule has 7 nitrogen and oxygen atoms in total. The first-order valence-electron chi connectivity index (χ1n) is 7.90. The van der Waals surface area contributed by atoms with E-state index in [0.29, 0.717) is 22.6 Å². The van der Waals surface area contributed by atoms with Gasteiger partial charge in [-0.1, -0.05) is 13.3 Å². The van der Waals surface area contributed by atoms with Crippen LogP contribution in [0.4, 0.5) is 0 Å². The molecule has 126 valence electrons. The molecular formula is C16H19N5O2S. The minimum absolute atomic E-state index is 0.264. The molecular weight excluding hydrogens is 326 g/mol. The normalized spacial score (nSPS) is 11.1. The van der Waals surface area contributed by atoms with Crippen LogP contribution in [0.3, 0.4) is 0 Å². The smallest absolute Gasteiger partial charge is 0.272 e. The molecule has 3 aromatic rings. The lowest BCUT2D eigenvalue weighted by atomic mass is 10.2. The molecule has 0 unspecified atom stereocenters. The van der Waals surface area contributed by atoms with Gasteiger partial charge in [-0.2, -0.15) is 5.10 Å². The molecule has 1 amide bonds. The van der Waals surface area contributed by atoms with Crippen LogP contribution in [0.5, 0.6) is 0 Å². The number of amides is 1. The number of fused-ring (bicyclic) bond motifs is 1. The van der Waals surface area contributed by atoms with E-state index in [0.717, 1.165) is 17.7 Å². The molecule has 0 fully saturated rings. The fourth-order valence-corrected chi connectivity index (χ4v) is 3.62. The summed E-state index contributed by atoms with van der Waals surface area (Å²) in [5.41, 5.74) is 2.60. The number of hydrogen-bond donors (Lipinski definition) is 1. The molecule has 0 aliphatic carbocycles. The number of aryl methyl sites for hydroxylation is 3. The molecule has 0 atom stereocenters. The summed E-state index contributed by atoms with van der Waals surface area (Å²) in [6, 6.07) is 3.49. The van der Waals surface area contributed by atoms with E-state index in [4.69, 9.17) is 0 Å². The highest BCUT2D eigenvalue weighted by atomic mass is 32.1. The van der Waals surface area contributed by atoms with Crippen LogP contribution >= 0.6 is 11.3 Å². The Morgan fingerprint density at radius 2 is 2.17 bits per heavy atom.